The summed E-state index contributed by atoms with van der Waals surface area (Å²) >= 11 is 0. The maximum absolute atomic E-state index is 12.3. The standard InChI is InChI=1S/C12H18F3N3O2S/c1-17(5-4-12(13,14)15)21(19,20)11-6-10(7-16)18(8-11)9-2-3-9/h6,8-9H,2-5,7,16H2,1H3. The molecule has 9 heteroatoms. The number of hydrogen-bond donors (Lipinski definition) is 1. The summed E-state index contributed by atoms with van der Waals surface area (Å²) in [6.07, 6.45) is -2.16. The molecule has 0 unspecified atom stereocenters. The molecule has 0 atom stereocenters. The third kappa shape index (κ3) is 3.78. The number of sulfonamides is 1. The largest absolute Gasteiger partial charge is 0.390 e. The van der Waals surface area contributed by atoms with Crippen LogP contribution in [0.4, 0.5) is 13.2 Å². The Kier molecular flexibility index (Phi) is 4.36. The van der Waals surface area contributed by atoms with Gasteiger partial charge in [-0.15, -0.1) is 0 Å². The topological polar surface area (TPSA) is 68.3 Å². The first kappa shape index (κ1) is 16.3. The molecule has 0 radical (unpaired) electrons. The van der Waals surface area contributed by atoms with Crippen LogP contribution in [0.25, 0.3) is 0 Å². The van der Waals surface area contributed by atoms with Gasteiger partial charge in [0, 0.05) is 38.1 Å². The predicted molar refractivity (Wildman–Crippen MR) is 71.1 cm³/mol. The number of nitrogens with two attached hydrogens (primary N) is 1. The first-order chi connectivity index (χ1) is 9.65. The lowest BCUT2D eigenvalue weighted by molar-refractivity contribution is -0.135. The minimum atomic E-state index is -4.38. The Labute approximate surface area is 121 Å². The Hall–Kier alpha value is -1.06. The van der Waals surface area contributed by atoms with Gasteiger partial charge in [0.2, 0.25) is 10.0 Å². The monoisotopic (exact) mass is 325 g/mol. The van der Waals surface area contributed by atoms with Gasteiger partial charge in [-0.05, 0) is 18.9 Å². The van der Waals surface area contributed by atoms with Gasteiger partial charge in [-0.1, -0.05) is 0 Å². The van der Waals surface area contributed by atoms with Crippen LogP contribution in [0.15, 0.2) is 17.2 Å². The van der Waals surface area contributed by atoms with Gasteiger partial charge in [-0.25, -0.2) is 12.7 Å². The number of nitrogens with zero attached hydrogens (tertiary/aromatic N) is 2. The molecule has 1 heterocycles. The van der Waals surface area contributed by atoms with Crippen LogP contribution in [-0.2, 0) is 16.6 Å². The zero-order valence-corrected chi connectivity index (χ0v) is 12.4. The van der Waals surface area contributed by atoms with Crippen molar-refractivity contribution in [2.24, 2.45) is 5.73 Å². The normalized spacial score (nSPS) is 16.7. The third-order valence-corrected chi connectivity index (χ3v) is 5.30. The molecule has 1 aromatic rings. The van der Waals surface area contributed by atoms with E-state index in [2.05, 4.69) is 0 Å². The van der Waals surface area contributed by atoms with Crippen molar-refractivity contribution < 1.29 is 21.6 Å². The van der Waals surface area contributed by atoms with Crippen LogP contribution in [0.2, 0.25) is 0 Å². The van der Waals surface area contributed by atoms with E-state index >= 15 is 0 Å². The van der Waals surface area contributed by atoms with Crippen LogP contribution in [-0.4, -0.2) is 37.1 Å². The van der Waals surface area contributed by atoms with E-state index in [4.69, 9.17) is 5.73 Å². The van der Waals surface area contributed by atoms with E-state index in [1.807, 2.05) is 4.57 Å². The fourth-order valence-electron chi connectivity index (χ4n) is 2.08. The fraction of sp³-hybridized carbons (Fsp3) is 0.667. The minimum Gasteiger partial charge on any atom is -0.346 e. The fourth-order valence-corrected chi connectivity index (χ4v) is 3.30. The van der Waals surface area contributed by atoms with E-state index in [1.54, 1.807) is 0 Å². The van der Waals surface area contributed by atoms with E-state index in [9.17, 15) is 21.6 Å². The highest BCUT2D eigenvalue weighted by atomic mass is 32.2. The van der Waals surface area contributed by atoms with Crippen molar-refractivity contribution in [1.82, 2.24) is 8.87 Å². The smallest absolute Gasteiger partial charge is 0.346 e. The first-order valence-corrected chi connectivity index (χ1v) is 8.03. The number of alkyl halides is 3. The Morgan fingerprint density at radius 3 is 2.52 bits per heavy atom. The maximum Gasteiger partial charge on any atom is 0.390 e. The Morgan fingerprint density at radius 1 is 1.43 bits per heavy atom. The van der Waals surface area contributed by atoms with Crippen molar-refractivity contribution in [3.05, 3.63) is 18.0 Å². The number of rotatable bonds is 6. The Morgan fingerprint density at radius 2 is 2.05 bits per heavy atom. The molecular weight excluding hydrogens is 307 g/mol. The SMILES string of the molecule is CN(CCC(F)(F)F)S(=O)(=O)c1cc(CN)n(C2CC2)c1. The Bertz CT molecular complexity index is 606. The average molecular weight is 325 g/mol. The van der Waals surface area contributed by atoms with E-state index < -0.39 is 29.2 Å². The minimum absolute atomic E-state index is 0.000440. The summed E-state index contributed by atoms with van der Waals surface area (Å²) in [4.78, 5) is -0.000440. The maximum atomic E-state index is 12.3. The summed E-state index contributed by atoms with van der Waals surface area (Å²) in [6.45, 7) is -0.406. The molecule has 0 aromatic carbocycles. The molecule has 1 aliphatic carbocycles. The third-order valence-electron chi connectivity index (χ3n) is 3.47. The average Bonchev–Trinajstić information content (AvgIpc) is 3.13. The molecule has 120 valence electrons. The molecule has 0 bridgehead atoms. The van der Waals surface area contributed by atoms with Gasteiger partial charge >= 0.3 is 6.18 Å². The lowest BCUT2D eigenvalue weighted by Gasteiger charge is -2.17. The van der Waals surface area contributed by atoms with Crippen molar-refractivity contribution in [3.8, 4) is 0 Å². The summed E-state index contributed by atoms with van der Waals surface area (Å²) < 4.78 is 63.7. The second-order valence-electron chi connectivity index (χ2n) is 5.20. The van der Waals surface area contributed by atoms with Crippen molar-refractivity contribution >= 4 is 10.0 Å². The summed E-state index contributed by atoms with van der Waals surface area (Å²) in [5.74, 6) is 0. The lowest BCUT2D eigenvalue weighted by atomic mass is 10.4. The summed E-state index contributed by atoms with van der Waals surface area (Å²) in [5, 5.41) is 0. The van der Waals surface area contributed by atoms with E-state index in [1.165, 1.54) is 12.3 Å². The summed E-state index contributed by atoms with van der Waals surface area (Å²) in [5.41, 5.74) is 6.27. The zero-order valence-electron chi connectivity index (χ0n) is 11.6. The molecule has 2 N–H and O–H groups in total. The molecule has 0 saturated heterocycles. The molecule has 1 fully saturated rings. The summed E-state index contributed by atoms with van der Waals surface area (Å²) in [6, 6.07) is 1.70. The second-order valence-corrected chi connectivity index (χ2v) is 7.25. The number of aromatic nitrogens is 1. The van der Waals surface area contributed by atoms with E-state index in [-0.39, 0.29) is 17.5 Å². The lowest BCUT2D eigenvalue weighted by Crippen LogP contribution is -2.30. The van der Waals surface area contributed by atoms with Gasteiger partial charge in [0.15, 0.2) is 0 Å². The van der Waals surface area contributed by atoms with Crippen LogP contribution in [0.5, 0.6) is 0 Å². The van der Waals surface area contributed by atoms with Crippen LogP contribution in [0.1, 0.15) is 31.0 Å². The van der Waals surface area contributed by atoms with Crippen molar-refractivity contribution in [3.63, 3.8) is 0 Å². The molecule has 0 spiro atoms. The Balaban J connectivity index is 2.18. The quantitative estimate of drug-likeness (QED) is 0.868. The van der Waals surface area contributed by atoms with Crippen LogP contribution >= 0.6 is 0 Å². The highest BCUT2D eigenvalue weighted by molar-refractivity contribution is 7.89. The van der Waals surface area contributed by atoms with E-state index in [0.29, 0.717) is 5.69 Å². The zero-order chi connectivity index (χ0) is 15.8. The highest BCUT2D eigenvalue weighted by Crippen LogP contribution is 2.37. The molecule has 1 saturated carbocycles. The van der Waals surface area contributed by atoms with Gasteiger partial charge in [0.25, 0.3) is 0 Å². The predicted octanol–water partition coefficient (Wildman–Crippen LogP) is 1.85. The van der Waals surface area contributed by atoms with E-state index in [0.717, 1.165) is 24.2 Å². The van der Waals surface area contributed by atoms with Crippen LogP contribution in [0, 0.1) is 0 Å². The van der Waals surface area contributed by atoms with Gasteiger partial charge in [0.05, 0.1) is 6.42 Å². The molecule has 0 aliphatic heterocycles. The van der Waals surface area contributed by atoms with Crippen LogP contribution in [0.3, 0.4) is 0 Å². The molecule has 1 aromatic heterocycles. The number of hydrogen-bond acceptors (Lipinski definition) is 3. The molecule has 2 rings (SSSR count). The molecule has 0 amide bonds. The van der Waals surface area contributed by atoms with Crippen molar-refractivity contribution in [2.75, 3.05) is 13.6 Å². The second kappa shape index (κ2) is 5.62. The highest BCUT2D eigenvalue weighted by Gasteiger charge is 2.32. The van der Waals surface area contributed by atoms with Crippen molar-refractivity contribution in [1.29, 1.82) is 0 Å². The molecular formula is C12H18F3N3O2S. The van der Waals surface area contributed by atoms with Gasteiger partial charge in [-0.2, -0.15) is 13.2 Å². The molecule has 21 heavy (non-hydrogen) atoms. The molecule has 5 nitrogen and oxygen atoms in total. The van der Waals surface area contributed by atoms with Gasteiger partial charge in [-0.3, -0.25) is 0 Å². The van der Waals surface area contributed by atoms with Gasteiger partial charge < -0.3 is 10.3 Å². The van der Waals surface area contributed by atoms with Gasteiger partial charge in [0.1, 0.15) is 4.90 Å². The number of halogens is 3. The van der Waals surface area contributed by atoms with Crippen LogP contribution < -0.4 is 5.73 Å². The van der Waals surface area contributed by atoms with Crippen molar-refractivity contribution in [2.45, 2.75) is 42.9 Å². The molecule has 1 aliphatic rings. The first-order valence-electron chi connectivity index (χ1n) is 6.59. The summed E-state index contributed by atoms with van der Waals surface area (Å²) in [7, 11) is -2.77.